The third-order valence-corrected chi connectivity index (χ3v) is 4.24. The Bertz CT molecular complexity index is 258. The minimum atomic E-state index is 0.172. The summed E-state index contributed by atoms with van der Waals surface area (Å²) in [4.78, 5) is 11.8. The van der Waals surface area contributed by atoms with E-state index in [1.165, 1.54) is 0 Å². The Morgan fingerprint density at radius 2 is 1.71 bits per heavy atom. The molecule has 0 saturated heterocycles. The molecule has 0 unspecified atom stereocenters. The molecule has 0 spiro atoms. The van der Waals surface area contributed by atoms with Gasteiger partial charge < -0.3 is 0 Å². The smallest absolute Gasteiger partial charge is 0.185 e. The fraction of sp³-hybridized carbons (Fsp3) is 0.545. The maximum atomic E-state index is 11.8. The van der Waals surface area contributed by atoms with E-state index in [1.807, 2.05) is 39.4 Å². The summed E-state index contributed by atoms with van der Waals surface area (Å²) in [5, 5.41) is 0. The third kappa shape index (κ3) is 3.93. The summed E-state index contributed by atoms with van der Waals surface area (Å²) in [6, 6.07) is 0. The first-order chi connectivity index (χ1) is 6.58. The Balaban J connectivity index is 4.85. The lowest BCUT2D eigenvalue weighted by Gasteiger charge is -2.06. The molecule has 0 saturated carbocycles. The highest BCUT2D eigenvalue weighted by Crippen LogP contribution is 2.28. The first-order valence-corrected chi connectivity index (χ1v) is 7.03. The molecule has 80 valence electrons. The zero-order valence-corrected chi connectivity index (χ0v) is 11.1. The molecular formula is C11H18OS2. The molecular weight excluding hydrogens is 212 g/mol. The number of thioether (sulfide) groups is 2. The van der Waals surface area contributed by atoms with E-state index in [4.69, 9.17) is 0 Å². The lowest BCUT2D eigenvalue weighted by Crippen LogP contribution is -2.02. The van der Waals surface area contributed by atoms with Crippen molar-refractivity contribution in [2.45, 2.75) is 27.2 Å². The molecule has 0 aromatic rings. The van der Waals surface area contributed by atoms with Crippen LogP contribution in [0.15, 0.2) is 21.5 Å². The number of ketones is 1. The molecule has 0 aromatic carbocycles. The average molecular weight is 230 g/mol. The molecule has 0 aliphatic heterocycles. The zero-order valence-electron chi connectivity index (χ0n) is 9.51. The number of Topliss-reactive ketones (excluding diaryl/α,β-unsaturated/α-hetero) is 1. The molecule has 0 amide bonds. The molecule has 0 rings (SSSR count). The van der Waals surface area contributed by atoms with Crippen molar-refractivity contribution in [2.24, 2.45) is 0 Å². The number of allylic oxidation sites excluding steroid dienone is 3. The molecule has 0 radical (unpaired) electrons. The Kier molecular flexibility index (Phi) is 7.11. The highest BCUT2D eigenvalue weighted by molar-refractivity contribution is 8.21. The van der Waals surface area contributed by atoms with E-state index >= 15 is 0 Å². The molecule has 0 aromatic heterocycles. The largest absolute Gasteiger partial charge is 0.289 e. The van der Waals surface area contributed by atoms with Gasteiger partial charge in [-0.3, -0.25) is 4.79 Å². The van der Waals surface area contributed by atoms with Crippen LogP contribution in [0.4, 0.5) is 0 Å². The minimum Gasteiger partial charge on any atom is -0.289 e. The number of carbonyl (C=O) groups excluding carboxylic acids is 1. The molecule has 1 nitrogen and oxygen atoms in total. The van der Waals surface area contributed by atoms with Crippen LogP contribution in [0, 0.1) is 0 Å². The van der Waals surface area contributed by atoms with Crippen LogP contribution in [0.1, 0.15) is 27.2 Å². The van der Waals surface area contributed by atoms with Crippen molar-refractivity contribution >= 4 is 29.3 Å². The van der Waals surface area contributed by atoms with Gasteiger partial charge in [0, 0.05) is 9.81 Å². The van der Waals surface area contributed by atoms with Crippen molar-refractivity contribution in [3.8, 4) is 0 Å². The SMILES string of the molecule is CC/C=C(\C)C(=O)C(C)=C(SC)SC. The summed E-state index contributed by atoms with van der Waals surface area (Å²) >= 11 is 3.27. The van der Waals surface area contributed by atoms with Crippen molar-refractivity contribution in [3.05, 3.63) is 21.5 Å². The van der Waals surface area contributed by atoms with Gasteiger partial charge in [0.25, 0.3) is 0 Å². The molecule has 0 bridgehead atoms. The molecule has 14 heavy (non-hydrogen) atoms. The van der Waals surface area contributed by atoms with Gasteiger partial charge in [-0.05, 0) is 38.4 Å². The van der Waals surface area contributed by atoms with E-state index in [2.05, 4.69) is 0 Å². The van der Waals surface area contributed by atoms with Crippen molar-refractivity contribution in [3.63, 3.8) is 0 Å². The van der Waals surface area contributed by atoms with Gasteiger partial charge in [0.1, 0.15) is 0 Å². The lowest BCUT2D eigenvalue weighted by molar-refractivity contribution is -0.112. The van der Waals surface area contributed by atoms with Crippen molar-refractivity contribution in [1.82, 2.24) is 0 Å². The molecule has 0 fully saturated rings. The zero-order chi connectivity index (χ0) is 11.1. The van der Waals surface area contributed by atoms with E-state index in [-0.39, 0.29) is 5.78 Å². The summed E-state index contributed by atoms with van der Waals surface area (Å²) in [5.74, 6) is 0.172. The molecule has 0 aliphatic carbocycles. The van der Waals surface area contributed by atoms with Crippen LogP contribution in [0.5, 0.6) is 0 Å². The fourth-order valence-electron chi connectivity index (χ4n) is 1.18. The van der Waals surface area contributed by atoms with Gasteiger partial charge in [-0.2, -0.15) is 0 Å². The van der Waals surface area contributed by atoms with Crippen LogP contribution >= 0.6 is 23.5 Å². The predicted octanol–water partition coefficient (Wildman–Crippen LogP) is 3.87. The molecule has 0 aliphatic rings. The second-order valence-electron chi connectivity index (χ2n) is 2.95. The maximum absolute atomic E-state index is 11.8. The Labute approximate surface area is 95.4 Å². The number of carbonyl (C=O) groups is 1. The van der Waals surface area contributed by atoms with Gasteiger partial charge in [0.15, 0.2) is 5.78 Å². The molecule has 0 heterocycles. The normalized spacial score (nSPS) is 11.4. The topological polar surface area (TPSA) is 17.1 Å². The minimum absolute atomic E-state index is 0.172. The maximum Gasteiger partial charge on any atom is 0.185 e. The molecule has 0 N–H and O–H groups in total. The van der Waals surface area contributed by atoms with Crippen LogP contribution in [0.2, 0.25) is 0 Å². The van der Waals surface area contributed by atoms with Gasteiger partial charge in [-0.15, -0.1) is 23.5 Å². The molecule has 0 atom stereocenters. The lowest BCUT2D eigenvalue weighted by atomic mass is 10.1. The first-order valence-electron chi connectivity index (χ1n) is 4.58. The van der Waals surface area contributed by atoms with Gasteiger partial charge in [-0.25, -0.2) is 0 Å². The average Bonchev–Trinajstić information content (AvgIpc) is 2.18. The molecule has 3 heteroatoms. The summed E-state index contributed by atoms with van der Waals surface area (Å²) in [6.45, 7) is 5.82. The van der Waals surface area contributed by atoms with E-state index in [0.717, 1.165) is 21.8 Å². The van der Waals surface area contributed by atoms with Crippen LogP contribution < -0.4 is 0 Å². The van der Waals surface area contributed by atoms with Crippen molar-refractivity contribution in [2.75, 3.05) is 12.5 Å². The van der Waals surface area contributed by atoms with Crippen molar-refractivity contribution < 1.29 is 4.79 Å². The van der Waals surface area contributed by atoms with E-state index in [9.17, 15) is 4.79 Å². The second-order valence-corrected chi connectivity index (χ2v) is 4.84. The quantitative estimate of drug-likeness (QED) is 0.667. The summed E-state index contributed by atoms with van der Waals surface area (Å²) in [6.07, 6.45) is 6.89. The van der Waals surface area contributed by atoms with Crippen molar-refractivity contribution in [1.29, 1.82) is 0 Å². The van der Waals surface area contributed by atoms with E-state index < -0.39 is 0 Å². The summed E-state index contributed by atoms with van der Waals surface area (Å²) in [5.41, 5.74) is 1.72. The standard InChI is InChI=1S/C11H18OS2/c1-6-7-8(2)10(12)9(3)11(13-4)14-5/h7H,6H2,1-5H3/b8-7+. The highest BCUT2D eigenvalue weighted by atomic mass is 32.2. The van der Waals surface area contributed by atoms with E-state index in [1.54, 1.807) is 23.5 Å². The third-order valence-electron chi connectivity index (χ3n) is 1.89. The second kappa shape index (κ2) is 7.18. The van der Waals surface area contributed by atoms with Gasteiger partial charge in [0.05, 0.1) is 0 Å². The monoisotopic (exact) mass is 230 g/mol. The Morgan fingerprint density at radius 1 is 1.21 bits per heavy atom. The van der Waals surface area contributed by atoms with Gasteiger partial charge in [0.2, 0.25) is 0 Å². The first kappa shape index (κ1) is 13.8. The summed E-state index contributed by atoms with van der Waals surface area (Å²) < 4.78 is 1.11. The van der Waals surface area contributed by atoms with Crippen LogP contribution in [0.3, 0.4) is 0 Å². The number of hydrogen-bond donors (Lipinski definition) is 0. The van der Waals surface area contributed by atoms with Gasteiger partial charge >= 0.3 is 0 Å². The number of hydrogen-bond acceptors (Lipinski definition) is 3. The Morgan fingerprint density at radius 3 is 2.07 bits per heavy atom. The van der Waals surface area contributed by atoms with Crippen LogP contribution in [0.25, 0.3) is 0 Å². The number of rotatable bonds is 5. The van der Waals surface area contributed by atoms with Crippen LogP contribution in [-0.2, 0) is 4.79 Å². The summed E-state index contributed by atoms with van der Waals surface area (Å²) in [7, 11) is 0. The van der Waals surface area contributed by atoms with E-state index in [0.29, 0.717) is 0 Å². The van der Waals surface area contributed by atoms with Gasteiger partial charge in [-0.1, -0.05) is 13.0 Å². The Hall–Kier alpha value is -0.150. The highest BCUT2D eigenvalue weighted by Gasteiger charge is 2.10. The van der Waals surface area contributed by atoms with Crippen LogP contribution in [-0.4, -0.2) is 18.3 Å². The predicted molar refractivity (Wildman–Crippen MR) is 68.8 cm³/mol. The fourth-order valence-corrected chi connectivity index (χ4v) is 2.64.